The quantitative estimate of drug-likeness (QED) is 0.836. The van der Waals surface area contributed by atoms with Crippen molar-refractivity contribution < 1.29 is 0 Å². The fraction of sp³-hybridized carbons (Fsp3) is 0.545. The zero-order chi connectivity index (χ0) is 10.7. The van der Waals surface area contributed by atoms with Crippen molar-refractivity contribution in [2.24, 2.45) is 0 Å². The van der Waals surface area contributed by atoms with E-state index in [2.05, 4.69) is 20.8 Å². The van der Waals surface area contributed by atoms with Crippen LogP contribution in [0, 0.1) is 0 Å². The normalized spacial score (nSPS) is 17.1. The molecule has 0 saturated carbocycles. The molecular formula is C11H15BrN2O. The van der Waals surface area contributed by atoms with Crippen LogP contribution in [0.2, 0.25) is 0 Å². The van der Waals surface area contributed by atoms with Crippen LogP contribution in [0.5, 0.6) is 0 Å². The predicted octanol–water partition coefficient (Wildman–Crippen LogP) is 1.71. The number of rotatable bonds is 3. The van der Waals surface area contributed by atoms with Gasteiger partial charge in [-0.3, -0.25) is 4.79 Å². The molecule has 0 radical (unpaired) electrons. The Hall–Kier alpha value is -0.610. The van der Waals surface area contributed by atoms with Gasteiger partial charge in [-0.15, -0.1) is 0 Å². The number of nitrogens with zero attached hydrogens (tertiary/aromatic N) is 2. The topological polar surface area (TPSA) is 25.2 Å². The van der Waals surface area contributed by atoms with Crippen molar-refractivity contribution in [3.8, 4) is 0 Å². The lowest BCUT2D eigenvalue weighted by Gasteiger charge is -2.15. The van der Waals surface area contributed by atoms with E-state index in [4.69, 9.17) is 0 Å². The molecular weight excluding hydrogens is 256 g/mol. The van der Waals surface area contributed by atoms with Gasteiger partial charge in [0.2, 0.25) is 0 Å². The van der Waals surface area contributed by atoms with Gasteiger partial charge in [0, 0.05) is 19.3 Å². The number of hydrogen-bond donors (Lipinski definition) is 0. The van der Waals surface area contributed by atoms with Gasteiger partial charge in [0.1, 0.15) is 0 Å². The molecule has 0 N–H and O–H groups in total. The van der Waals surface area contributed by atoms with Gasteiger partial charge in [0.15, 0.2) is 0 Å². The fourth-order valence-corrected chi connectivity index (χ4v) is 2.32. The summed E-state index contributed by atoms with van der Waals surface area (Å²) in [7, 11) is 0. The van der Waals surface area contributed by atoms with Crippen LogP contribution in [0.15, 0.2) is 27.6 Å². The van der Waals surface area contributed by atoms with Gasteiger partial charge >= 0.3 is 0 Å². The summed E-state index contributed by atoms with van der Waals surface area (Å²) >= 11 is 3.25. The molecule has 15 heavy (non-hydrogen) atoms. The zero-order valence-corrected chi connectivity index (χ0v) is 10.2. The fourth-order valence-electron chi connectivity index (χ4n) is 1.94. The van der Waals surface area contributed by atoms with Crippen LogP contribution < -0.4 is 5.56 Å². The maximum Gasteiger partial charge on any atom is 0.264 e. The van der Waals surface area contributed by atoms with Crippen LogP contribution >= 0.6 is 15.9 Å². The molecule has 2 rings (SSSR count). The highest BCUT2D eigenvalue weighted by Crippen LogP contribution is 2.07. The molecule has 1 fully saturated rings. The van der Waals surface area contributed by atoms with E-state index in [1.807, 2.05) is 12.3 Å². The van der Waals surface area contributed by atoms with Gasteiger partial charge in [0.25, 0.3) is 5.56 Å². The minimum absolute atomic E-state index is 0.0664. The highest BCUT2D eigenvalue weighted by Gasteiger charge is 2.11. The zero-order valence-electron chi connectivity index (χ0n) is 8.66. The van der Waals surface area contributed by atoms with Gasteiger partial charge in [-0.05, 0) is 54.0 Å². The van der Waals surface area contributed by atoms with Crippen molar-refractivity contribution in [2.75, 3.05) is 19.6 Å². The molecule has 1 aromatic heterocycles. The molecule has 0 spiro atoms. The minimum atomic E-state index is 0.0664. The highest BCUT2D eigenvalue weighted by molar-refractivity contribution is 9.10. The van der Waals surface area contributed by atoms with Crippen molar-refractivity contribution >= 4 is 15.9 Å². The number of pyridine rings is 1. The second-order valence-corrected chi connectivity index (χ2v) is 4.76. The summed E-state index contributed by atoms with van der Waals surface area (Å²) < 4.78 is 2.41. The molecule has 3 nitrogen and oxygen atoms in total. The van der Waals surface area contributed by atoms with Gasteiger partial charge in [0.05, 0.1) is 4.47 Å². The van der Waals surface area contributed by atoms with Crippen molar-refractivity contribution in [1.82, 2.24) is 9.47 Å². The largest absolute Gasteiger partial charge is 0.313 e. The molecule has 0 atom stereocenters. The lowest BCUT2D eigenvalue weighted by molar-refractivity contribution is 0.320. The molecule has 1 saturated heterocycles. The van der Waals surface area contributed by atoms with E-state index in [1.165, 1.54) is 25.9 Å². The van der Waals surface area contributed by atoms with E-state index in [9.17, 15) is 4.79 Å². The van der Waals surface area contributed by atoms with Crippen LogP contribution in [0.25, 0.3) is 0 Å². The third-order valence-corrected chi connectivity index (χ3v) is 3.43. The van der Waals surface area contributed by atoms with E-state index in [1.54, 1.807) is 10.6 Å². The molecule has 0 aromatic carbocycles. The molecule has 2 heterocycles. The van der Waals surface area contributed by atoms with Crippen LogP contribution in [-0.2, 0) is 6.54 Å². The highest BCUT2D eigenvalue weighted by atomic mass is 79.9. The summed E-state index contributed by atoms with van der Waals surface area (Å²) in [6, 6.07) is 3.68. The molecule has 1 aliphatic rings. The third-order valence-electron chi connectivity index (χ3n) is 2.83. The molecule has 1 aromatic rings. The SMILES string of the molecule is O=c1c(Br)cccn1CCN1CCCC1. The number of halogens is 1. The molecule has 0 amide bonds. The standard InChI is InChI=1S/C11H15BrN2O/c12-10-4-3-7-14(11(10)15)9-8-13-5-1-2-6-13/h3-4,7H,1-2,5-6,8-9H2. The predicted molar refractivity (Wildman–Crippen MR) is 64.1 cm³/mol. The summed E-state index contributed by atoms with van der Waals surface area (Å²) in [5.74, 6) is 0. The smallest absolute Gasteiger partial charge is 0.264 e. The molecule has 1 aliphatic heterocycles. The third kappa shape index (κ3) is 2.69. The summed E-state index contributed by atoms with van der Waals surface area (Å²) in [5, 5.41) is 0. The Morgan fingerprint density at radius 3 is 2.73 bits per heavy atom. The van der Waals surface area contributed by atoms with Crippen molar-refractivity contribution in [3.05, 3.63) is 33.2 Å². The first-order valence-corrected chi connectivity index (χ1v) is 6.14. The van der Waals surface area contributed by atoms with E-state index in [-0.39, 0.29) is 5.56 Å². The summed E-state index contributed by atoms with van der Waals surface area (Å²) in [6.07, 6.45) is 4.45. The summed E-state index contributed by atoms with van der Waals surface area (Å²) in [4.78, 5) is 14.1. The molecule has 0 aliphatic carbocycles. The Morgan fingerprint density at radius 2 is 2.00 bits per heavy atom. The van der Waals surface area contributed by atoms with Crippen molar-refractivity contribution in [3.63, 3.8) is 0 Å². The van der Waals surface area contributed by atoms with Crippen LogP contribution in [-0.4, -0.2) is 29.1 Å². The Labute approximate surface area is 97.8 Å². The van der Waals surface area contributed by atoms with Gasteiger partial charge in [-0.1, -0.05) is 0 Å². The average molecular weight is 271 g/mol. The van der Waals surface area contributed by atoms with E-state index in [0.29, 0.717) is 4.47 Å². The minimum Gasteiger partial charge on any atom is -0.313 e. The Balaban J connectivity index is 1.98. The monoisotopic (exact) mass is 270 g/mol. The van der Waals surface area contributed by atoms with E-state index in [0.717, 1.165) is 13.1 Å². The van der Waals surface area contributed by atoms with Gasteiger partial charge in [-0.2, -0.15) is 0 Å². The lowest BCUT2D eigenvalue weighted by Crippen LogP contribution is -2.29. The maximum atomic E-state index is 11.7. The first kappa shape index (κ1) is 10.9. The van der Waals surface area contributed by atoms with Crippen LogP contribution in [0.1, 0.15) is 12.8 Å². The Morgan fingerprint density at radius 1 is 1.27 bits per heavy atom. The molecule has 0 unspecified atom stereocenters. The number of likely N-dealkylation sites (tertiary alicyclic amines) is 1. The second-order valence-electron chi connectivity index (χ2n) is 3.90. The first-order chi connectivity index (χ1) is 7.27. The van der Waals surface area contributed by atoms with E-state index < -0.39 is 0 Å². The van der Waals surface area contributed by atoms with Gasteiger partial charge < -0.3 is 9.47 Å². The number of aromatic nitrogens is 1. The average Bonchev–Trinajstić information content (AvgIpc) is 2.73. The molecule has 82 valence electrons. The summed E-state index contributed by atoms with van der Waals surface area (Å²) in [6.45, 7) is 4.14. The lowest BCUT2D eigenvalue weighted by atomic mass is 10.4. The maximum absolute atomic E-state index is 11.7. The van der Waals surface area contributed by atoms with E-state index >= 15 is 0 Å². The second kappa shape index (κ2) is 4.94. The van der Waals surface area contributed by atoms with Crippen molar-refractivity contribution in [1.29, 1.82) is 0 Å². The Kier molecular flexibility index (Phi) is 3.59. The Bertz CT molecular complexity index is 382. The van der Waals surface area contributed by atoms with Crippen molar-refractivity contribution in [2.45, 2.75) is 19.4 Å². The number of hydrogen-bond acceptors (Lipinski definition) is 2. The van der Waals surface area contributed by atoms with Crippen LogP contribution in [0.4, 0.5) is 0 Å². The summed E-state index contributed by atoms with van der Waals surface area (Å²) in [5.41, 5.74) is 0.0664. The van der Waals surface area contributed by atoms with Gasteiger partial charge in [-0.25, -0.2) is 0 Å². The molecule has 0 bridgehead atoms. The van der Waals surface area contributed by atoms with Crippen LogP contribution in [0.3, 0.4) is 0 Å². The first-order valence-electron chi connectivity index (χ1n) is 5.35. The molecule has 4 heteroatoms.